The molecule has 29 heavy (non-hydrogen) atoms. The second-order valence-corrected chi connectivity index (χ2v) is 6.47. The van der Waals surface area contributed by atoms with Crippen molar-refractivity contribution in [2.24, 2.45) is 0 Å². The molecule has 150 valence electrons. The van der Waals surface area contributed by atoms with Gasteiger partial charge in [0.1, 0.15) is 0 Å². The summed E-state index contributed by atoms with van der Waals surface area (Å²) < 4.78 is 15.4. The number of Topliss-reactive ketones (excluding diaryl/α,β-unsaturated/α-hetero) is 1. The van der Waals surface area contributed by atoms with E-state index in [-0.39, 0.29) is 12.6 Å². The van der Waals surface area contributed by atoms with Crippen LogP contribution in [0.3, 0.4) is 0 Å². The second kappa shape index (κ2) is 9.54. The molecule has 0 bridgehead atoms. The molecule has 0 saturated heterocycles. The van der Waals surface area contributed by atoms with Crippen LogP contribution in [0.4, 0.5) is 0 Å². The van der Waals surface area contributed by atoms with Gasteiger partial charge in [0.2, 0.25) is 6.79 Å². The number of carbonyl (C=O) groups excluding carboxylic acids is 3. The topological polar surface area (TPSA) is 90.9 Å². The number of ketones is 1. The summed E-state index contributed by atoms with van der Waals surface area (Å²) in [6, 6.07) is 13.9. The summed E-state index contributed by atoms with van der Waals surface area (Å²) in [4.78, 5) is 35.7. The number of hydrogen-bond donors (Lipinski definition) is 1. The lowest BCUT2D eigenvalue weighted by molar-refractivity contribution is -0.144. The van der Waals surface area contributed by atoms with E-state index in [2.05, 4.69) is 5.32 Å². The number of esters is 1. The number of hydrogen-bond acceptors (Lipinski definition) is 6. The molecule has 0 unspecified atom stereocenters. The molecule has 2 aromatic carbocycles. The van der Waals surface area contributed by atoms with E-state index in [1.165, 1.54) is 13.0 Å². The van der Waals surface area contributed by atoms with Gasteiger partial charge in [0, 0.05) is 6.08 Å². The molecule has 7 heteroatoms. The monoisotopic (exact) mass is 395 g/mol. The number of rotatable bonds is 8. The summed E-state index contributed by atoms with van der Waals surface area (Å²) in [7, 11) is 0. The van der Waals surface area contributed by atoms with Gasteiger partial charge in [0.15, 0.2) is 23.9 Å². The van der Waals surface area contributed by atoms with Crippen LogP contribution in [0.2, 0.25) is 0 Å². The lowest BCUT2D eigenvalue weighted by atomic mass is 10.0. The van der Waals surface area contributed by atoms with Crippen LogP contribution in [0.15, 0.2) is 54.6 Å². The van der Waals surface area contributed by atoms with Gasteiger partial charge in [-0.25, -0.2) is 4.79 Å². The van der Waals surface area contributed by atoms with Crippen LogP contribution >= 0.6 is 0 Å². The fourth-order valence-electron chi connectivity index (χ4n) is 2.75. The van der Waals surface area contributed by atoms with Crippen LogP contribution in [-0.4, -0.2) is 37.1 Å². The number of benzene rings is 2. The SMILES string of the molecule is CC(=O)[C@@H](Cc1ccccc1)NC(=O)COC(=O)/C=C/c1ccc2c(c1)OCO2. The Labute approximate surface area is 168 Å². The first-order chi connectivity index (χ1) is 14.0. The third kappa shape index (κ3) is 5.93. The molecule has 1 N–H and O–H groups in total. The number of amides is 1. The molecule has 0 radical (unpaired) electrons. The molecule has 1 heterocycles. The van der Waals surface area contributed by atoms with Gasteiger partial charge < -0.3 is 19.5 Å². The van der Waals surface area contributed by atoms with E-state index in [0.29, 0.717) is 17.9 Å². The van der Waals surface area contributed by atoms with E-state index < -0.39 is 24.5 Å². The van der Waals surface area contributed by atoms with Crippen LogP contribution in [0.1, 0.15) is 18.1 Å². The van der Waals surface area contributed by atoms with Crippen LogP contribution in [0.5, 0.6) is 11.5 Å². The smallest absolute Gasteiger partial charge is 0.331 e. The van der Waals surface area contributed by atoms with Crippen molar-refractivity contribution in [1.82, 2.24) is 5.32 Å². The average Bonchev–Trinajstić information content (AvgIpc) is 3.19. The van der Waals surface area contributed by atoms with Gasteiger partial charge in [0.05, 0.1) is 6.04 Å². The Hall–Kier alpha value is -3.61. The van der Waals surface area contributed by atoms with Crippen molar-refractivity contribution in [2.75, 3.05) is 13.4 Å². The third-order valence-electron chi connectivity index (χ3n) is 4.26. The molecule has 0 fully saturated rings. The van der Waals surface area contributed by atoms with Gasteiger partial charge in [-0.15, -0.1) is 0 Å². The summed E-state index contributed by atoms with van der Waals surface area (Å²) in [5.74, 6) is -0.118. The third-order valence-corrected chi connectivity index (χ3v) is 4.26. The zero-order chi connectivity index (χ0) is 20.6. The first-order valence-electron chi connectivity index (χ1n) is 9.09. The minimum absolute atomic E-state index is 0.170. The molecule has 2 aromatic rings. The van der Waals surface area contributed by atoms with Crippen LogP contribution in [-0.2, 0) is 25.5 Å². The lowest BCUT2D eigenvalue weighted by Crippen LogP contribution is -2.43. The summed E-state index contributed by atoms with van der Waals surface area (Å²) in [6.07, 6.45) is 3.15. The molecule has 1 amide bonds. The molecule has 0 aromatic heterocycles. The van der Waals surface area contributed by atoms with Crippen molar-refractivity contribution in [1.29, 1.82) is 0 Å². The lowest BCUT2D eigenvalue weighted by Gasteiger charge is -2.16. The minimum atomic E-state index is -0.673. The van der Waals surface area contributed by atoms with E-state index in [1.807, 2.05) is 30.3 Å². The minimum Gasteiger partial charge on any atom is -0.454 e. The quantitative estimate of drug-likeness (QED) is 0.545. The van der Waals surface area contributed by atoms with E-state index in [0.717, 1.165) is 11.1 Å². The fourth-order valence-corrected chi connectivity index (χ4v) is 2.75. The van der Waals surface area contributed by atoms with Gasteiger partial charge in [-0.3, -0.25) is 9.59 Å². The van der Waals surface area contributed by atoms with Gasteiger partial charge in [-0.2, -0.15) is 0 Å². The van der Waals surface area contributed by atoms with Crippen molar-refractivity contribution >= 4 is 23.7 Å². The highest BCUT2D eigenvalue weighted by atomic mass is 16.7. The predicted molar refractivity (Wildman–Crippen MR) is 105 cm³/mol. The molecular weight excluding hydrogens is 374 g/mol. The average molecular weight is 395 g/mol. The highest BCUT2D eigenvalue weighted by Gasteiger charge is 2.18. The summed E-state index contributed by atoms with van der Waals surface area (Å²) in [5, 5.41) is 2.60. The fraction of sp³-hybridized carbons (Fsp3) is 0.227. The Morgan fingerprint density at radius 3 is 2.62 bits per heavy atom. The van der Waals surface area contributed by atoms with Crippen LogP contribution in [0.25, 0.3) is 6.08 Å². The molecule has 0 saturated carbocycles. The molecule has 0 aliphatic carbocycles. The molecule has 0 spiro atoms. The predicted octanol–water partition coefficient (Wildman–Crippen LogP) is 2.29. The molecule has 7 nitrogen and oxygen atoms in total. The van der Waals surface area contributed by atoms with Crippen molar-refractivity contribution in [3.8, 4) is 11.5 Å². The molecule has 1 aliphatic heterocycles. The van der Waals surface area contributed by atoms with Crippen molar-refractivity contribution < 1.29 is 28.6 Å². The van der Waals surface area contributed by atoms with Crippen LogP contribution < -0.4 is 14.8 Å². The summed E-state index contributed by atoms with van der Waals surface area (Å²) in [5.41, 5.74) is 1.66. The number of fused-ring (bicyclic) bond motifs is 1. The first-order valence-corrected chi connectivity index (χ1v) is 9.09. The second-order valence-electron chi connectivity index (χ2n) is 6.47. The summed E-state index contributed by atoms with van der Waals surface area (Å²) in [6.45, 7) is 1.11. The molecule has 1 atom stereocenters. The van der Waals surface area contributed by atoms with E-state index in [4.69, 9.17) is 14.2 Å². The molecule has 3 rings (SSSR count). The van der Waals surface area contributed by atoms with Crippen molar-refractivity contribution in [3.05, 3.63) is 65.7 Å². The Morgan fingerprint density at radius 1 is 1.10 bits per heavy atom. The van der Waals surface area contributed by atoms with Gasteiger partial charge in [-0.1, -0.05) is 36.4 Å². The largest absolute Gasteiger partial charge is 0.454 e. The van der Waals surface area contributed by atoms with E-state index in [9.17, 15) is 14.4 Å². The molecular formula is C22H21NO6. The first kappa shape index (κ1) is 20.1. The van der Waals surface area contributed by atoms with Gasteiger partial charge in [-0.05, 0) is 42.7 Å². The Kier molecular flexibility index (Phi) is 6.63. The van der Waals surface area contributed by atoms with Crippen LogP contribution in [0, 0.1) is 0 Å². The van der Waals surface area contributed by atoms with E-state index in [1.54, 1.807) is 24.3 Å². The zero-order valence-corrected chi connectivity index (χ0v) is 15.9. The van der Waals surface area contributed by atoms with E-state index >= 15 is 0 Å². The maximum atomic E-state index is 12.1. The Morgan fingerprint density at radius 2 is 1.86 bits per heavy atom. The van der Waals surface area contributed by atoms with Crippen molar-refractivity contribution in [2.45, 2.75) is 19.4 Å². The number of carbonyl (C=O) groups is 3. The zero-order valence-electron chi connectivity index (χ0n) is 15.9. The van der Waals surface area contributed by atoms with Gasteiger partial charge >= 0.3 is 5.97 Å². The maximum absolute atomic E-state index is 12.1. The Balaban J connectivity index is 1.47. The summed E-state index contributed by atoms with van der Waals surface area (Å²) >= 11 is 0. The van der Waals surface area contributed by atoms with Crippen molar-refractivity contribution in [3.63, 3.8) is 0 Å². The van der Waals surface area contributed by atoms with Gasteiger partial charge in [0.25, 0.3) is 5.91 Å². The highest BCUT2D eigenvalue weighted by Crippen LogP contribution is 2.32. The number of nitrogens with one attached hydrogen (secondary N) is 1. The highest BCUT2D eigenvalue weighted by molar-refractivity contribution is 5.91. The molecule has 1 aliphatic rings. The normalized spacial score (nSPS) is 13.1. The Bertz CT molecular complexity index is 922. The maximum Gasteiger partial charge on any atom is 0.331 e. The standard InChI is InChI=1S/C22H21NO6/c1-15(24)18(11-16-5-3-2-4-6-16)23-21(25)13-27-22(26)10-8-17-7-9-19-20(12-17)29-14-28-19/h2-10,12,18H,11,13-14H2,1H3,(H,23,25)/b10-8+/t18-/m1/s1. The number of ether oxygens (including phenoxy) is 3.